The molecule has 0 N–H and O–H groups in total. The van der Waals surface area contributed by atoms with Crippen molar-refractivity contribution >= 4 is 16.1 Å². The number of rotatable bonds is 10. The van der Waals surface area contributed by atoms with Gasteiger partial charge in [0.25, 0.3) is 10.1 Å². The van der Waals surface area contributed by atoms with Gasteiger partial charge in [-0.3, -0.25) is 4.18 Å². The molecule has 8 nitrogen and oxygen atoms in total. The molecule has 0 spiro atoms. The lowest BCUT2D eigenvalue weighted by Crippen LogP contribution is -2.41. The second kappa shape index (κ2) is 11.8. The Bertz CT molecular complexity index is 1230. The third-order valence-electron chi connectivity index (χ3n) is 5.72. The van der Waals surface area contributed by atoms with E-state index in [4.69, 9.17) is 23.1 Å². The smallest absolute Gasteiger partial charge is 0.338 e. The lowest BCUT2D eigenvalue weighted by molar-refractivity contribution is -0.168. The number of benzene rings is 3. The number of hydrogen-bond acceptors (Lipinski definition) is 8. The molecule has 9 heteroatoms. The zero-order valence-electron chi connectivity index (χ0n) is 20.0. The van der Waals surface area contributed by atoms with E-state index in [0.29, 0.717) is 5.56 Å². The summed E-state index contributed by atoms with van der Waals surface area (Å²) in [5.41, 5.74) is 2.15. The number of hydrogen-bond donors (Lipinski definition) is 0. The molecule has 1 aliphatic rings. The molecule has 0 amide bonds. The van der Waals surface area contributed by atoms with Crippen LogP contribution in [0.15, 0.2) is 89.8 Å². The second-order valence-corrected chi connectivity index (χ2v) is 9.90. The third kappa shape index (κ3) is 6.37. The van der Waals surface area contributed by atoms with E-state index in [9.17, 15) is 13.2 Å². The average molecular weight is 513 g/mol. The maximum Gasteiger partial charge on any atom is 0.338 e. The molecule has 1 aliphatic heterocycles. The van der Waals surface area contributed by atoms with Crippen molar-refractivity contribution in [3.8, 4) is 0 Å². The van der Waals surface area contributed by atoms with Crippen molar-refractivity contribution in [3.63, 3.8) is 0 Å². The van der Waals surface area contributed by atoms with Crippen molar-refractivity contribution in [3.05, 3.63) is 102 Å². The lowest BCUT2D eigenvalue weighted by Gasteiger charge is -2.24. The predicted octanol–water partition coefficient (Wildman–Crippen LogP) is 3.88. The van der Waals surface area contributed by atoms with Gasteiger partial charge >= 0.3 is 5.97 Å². The minimum Gasteiger partial charge on any atom is -0.459 e. The first kappa shape index (κ1) is 26.0. The van der Waals surface area contributed by atoms with Gasteiger partial charge in [0, 0.05) is 7.11 Å². The second-order valence-electron chi connectivity index (χ2n) is 8.33. The van der Waals surface area contributed by atoms with E-state index in [2.05, 4.69) is 0 Å². The van der Waals surface area contributed by atoms with E-state index in [-0.39, 0.29) is 18.1 Å². The van der Waals surface area contributed by atoms with Crippen LogP contribution >= 0.6 is 0 Å². The van der Waals surface area contributed by atoms with Gasteiger partial charge in [-0.05, 0) is 36.8 Å². The molecule has 0 aromatic heterocycles. The fraction of sp³-hybridized carbons (Fsp3) is 0.296. The highest BCUT2D eigenvalue weighted by atomic mass is 32.2. The molecule has 0 radical (unpaired) electrons. The van der Waals surface area contributed by atoms with Crippen molar-refractivity contribution in [1.29, 1.82) is 0 Å². The van der Waals surface area contributed by atoms with E-state index in [1.54, 1.807) is 42.5 Å². The first-order valence-corrected chi connectivity index (χ1v) is 12.8. The molecule has 0 bridgehead atoms. The number of aryl methyl sites for hydroxylation is 1. The first-order chi connectivity index (χ1) is 17.4. The van der Waals surface area contributed by atoms with Gasteiger partial charge in [-0.2, -0.15) is 8.42 Å². The summed E-state index contributed by atoms with van der Waals surface area (Å²) in [5, 5.41) is 0. The van der Waals surface area contributed by atoms with Crippen LogP contribution in [0.2, 0.25) is 0 Å². The summed E-state index contributed by atoms with van der Waals surface area (Å²) >= 11 is 0. The van der Waals surface area contributed by atoms with Crippen molar-refractivity contribution < 1.29 is 36.3 Å². The molecule has 4 rings (SSSR count). The van der Waals surface area contributed by atoms with Crippen LogP contribution in [-0.2, 0) is 39.9 Å². The van der Waals surface area contributed by atoms with E-state index >= 15 is 0 Å². The molecular weight excluding hydrogens is 484 g/mol. The van der Waals surface area contributed by atoms with Crippen LogP contribution in [-0.4, -0.2) is 52.7 Å². The zero-order chi connectivity index (χ0) is 25.5. The fourth-order valence-electron chi connectivity index (χ4n) is 3.80. The normalized spacial score (nSPS) is 21.8. The molecule has 36 heavy (non-hydrogen) atoms. The van der Waals surface area contributed by atoms with Crippen LogP contribution in [0.1, 0.15) is 21.5 Å². The summed E-state index contributed by atoms with van der Waals surface area (Å²) in [4.78, 5) is 12.5. The molecule has 4 atom stereocenters. The Labute approximate surface area is 210 Å². The maximum atomic E-state index is 13.1. The van der Waals surface area contributed by atoms with Gasteiger partial charge in [0.05, 0.1) is 17.1 Å². The Morgan fingerprint density at radius 3 is 2.17 bits per heavy atom. The van der Waals surface area contributed by atoms with Crippen molar-refractivity contribution in [2.75, 3.05) is 13.7 Å². The summed E-state index contributed by atoms with van der Waals surface area (Å²) in [6.07, 6.45) is -3.93. The maximum absolute atomic E-state index is 13.1. The Morgan fingerprint density at radius 1 is 0.889 bits per heavy atom. The Hall–Kier alpha value is -3.08. The topological polar surface area (TPSA) is 97.4 Å². The summed E-state index contributed by atoms with van der Waals surface area (Å²) in [6, 6.07) is 24.2. The summed E-state index contributed by atoms with van der Waals surface area (Å²) in [7, 11) is -2.76. The van der Waals surface area contributed by atoms with Crippen LogP contribution in [0.3, 0.4) is 0 Å². The number of esters is 1. The molecule has 1 fully saturated rings. The third-order valence-corrected chi connectivity index (χ3v) is 7.05. The van der Waals surface area contributed by atoms with Gasteiger partial charge in [0.1, 0.15) is 24.9 Å². The average Bonchev–Trinajstić information content (AvgIpc) is 3.22. The van der Waals surface area contributed by atoms with Crippen molar-refractivity contribution in [2.45, 2.75) is 43.0 Å². The highest BCUT2D eigenvalue weighted by Gasteiger charge is 2.49. The molecule has 0 saturated carbocycles. The highest BCUT2D eigenvalue weighted by Crippen LogP contribution is 2.31. The SMILES string of the molecule is COC1OC(COC(=O)c2ccccc2)C(OS(=O)(=O)c2ccc(C)cc2)C1OCc1ccccc1. The van der Waals surface area contributed by atoms with E-state index in [1.165, 1.54) is 19.2 Å². The molecule has 3 aromatic carbocycles. The molecular formula is C27H28O8S. The van der Waals surface area contributed by atoms with Gasteiger partial charge < -0.3 is 18.9 Å². The molecule has 4 unspecified atom stereocenters. The summed E-state index contributed by atoms with van der Waals surface area (Å²) in [6.45, 7) is 1.78. The van der Waals surface area contributed by atoms with Gasteiger partial charge in [0.2, 0.25) is 0 Å². The van der Waals surface area contributed by atoms with Crippen LogP contribution in [0.4, 0.5) is 0 Å². The number of carbonyl (C=O) groups is 1. The highest BCUT2D eigenvalue weighted by molar-refractivity contribution is 7.86. The quantitative estimate of drug-likeness (QED) is 0.298. The van der Waals surface area contributed by atoms with E-state index in [0.717, 1.165) is 11.1 Å². The Balaban J connectivity index is 1.55. The summed E-state index contributed by atoms with van der Waals surface area (Å²) in [5.74, 6) is -0.568. The minimum atomic E-state index is -4.19. The molecule has 3 aromatic rings. The zero-order valence-corrected chi connectivity index (χ0v) is 20.8. The molecule has 1 heterocycles. The fourth-order valence-corrected chi connectivity index (χ4v) is 4.90. The van der Waals surface area contributed by atoms with Crippen molar-refractivity contribution in [1.82, 2.24) is 0 Å². The molecule has 0 aliphatic carbocycles. The number of ether oxygens (including phenoxy) is 4. The van der Waals surface area contributed by atoms with Crippen molar-refractivity contribution in [2.24, 2.45) is 0 Å². The lowest BCUT2D eigenvalue weighted by atomic mass is 10.1. The summed E-state index contributed by atoms with van der Waals surface area (Å²) < 4.78 is 54.7. The van der Waals surface area contributed by atoms with Gasteiger partial charge in [-0.25, -0.2) is 4.79 Å². The largest absolute Gasteiger partial charge is 0.459 e. The molecule has 190 valence electrons. The molecule has 1 saturated heterocycles. The standard InChI is InChI=1S/C27H28O8S/c1-19-13-15-22(16-14-19)36(29,30)35-24-23(18-33-26(28)21-11-7-4-8-12-21)34-27(31-2)25(24)32-17-20-9-5-3-6-10-20/h3-16,23-25,27H,17-18H2,1-2H3. The number of methoxy groups -OCH3 is 1. The minimum absolute atomic E-state index is 0.00388. The predicted molar refractivity (Wildman–Crippen MR) is 131 cm³/mol. The van der Waals surface area contributed by atoms with E-state index < -0.39 is 40.7 Å². The van der Waals surface area contributed by atoms with Crippen LogP contribution < -0.4 is 0 Å². The number of carbonyl (C=O) groups excluding carboxylic acids is 1. The van der Waals surface area contributed by atoms with E-state index in [1.807, 2.05) is 37.3 Å². The Morgan fingerprint density at radius 2 is 1.53 bits per heavy atom. The first-order valence-electron chi connectivity index (χ1n) is 11.4. The van der Waals surface area contributed by atoms with Gasteiger partial charge in [-0.1, -0.05) is 66.2 Å². The van der Waals surface area contributed by atoms with Gasteiger partial charge in [0.15, 0.2) is 6.29 Å². The van der Waals surface area contributed by atoms with Crippen LogP contribution in [0.5, 0.6) is 0 Å². The van der Waals surface area contributed by atoms with Gasteiger partial charge in [-0.15, -0.1) is 0 Å². The van der Waals surface area contributed by atoms with Crippen LogP contribution in [0.25, 0.3) is 0 Å². The Kier molecular flexibility index (Phi) is 8.50. The van der Waals surface area contributed by atoms with Crippen LogP contribution in [0, 0.1) is 6.92 Å². The monoisotopic (exact) mass is 512 g/mol.